The zero-order valence-corrected chi connectivity index (χ0v) is 63.4. The summed E-state index contributed by atoms with van der Waals surface area (Å²) in [6, 6.07) is 10.8. The predicted octanol–water partition coefficient (Wildman–Crippen LogP) is 4.21. The fraction of sp³-hybridized carbons (Fsp3) is 0.537. The van der Waals surface area contributed by atoms with Crippen LogP contribution in [0.4, 0.5) is 16.4 Å². The van der Waals surface area contributed by atoms with Crippen LogP contribution in [0, 0.1) is 11.8 Å². The van der Waals surface area contributed by atoms with E-state index in [2.05, 4.69) is 76.0 Å². The summed E-state index contributed by atoms with van der Waals surface area (Å²) in [5.41, 5.74) is 0.0225. The molecule has 2 saturated heterocycles. The molecule has 8 amide bonds. The molecule has 5 aromatic rings. The van der Waals surface area contributed by atoms with Gasteiger partial charge in [-0.15, -0.1) is 0 Å². The summed E-state index contributed by atoms with van der Waals surface area (Å²) in [6.07, 6.45) is -0.814. The van der Waals surface area contributed by atoms with Crippen LogP contribution in [0.3, 0.4) is 0 Å². The number of thiol groups is 2. The maximum absolute atomic E-state index is 14.1. The Kier molecular flexibility index (Phi) is 31.5. The number of amides is 8. The van der Waals surface area contributed by atoms with Gasteiger partial charge in [-0.3, -0.25) is 71.7 Å². The maximum atomic E-state index is 14.1. The van der Waals surface area contributed by atoms with Crippen molar-refractivity contribution in [2.24, 2.45) is 11.8 Å². The molecule has 37 nitrogen and oxygen atoms in total. The fourth-order valence-corrected chi connectivity index (χ4v) is 14.7. The number of nitrogens with zero attached hydrogens (tertiary/aromatic N) is 7. The Morgan fingerprint density at radius 3 is 2.13 bits per heavy atom. The van der Waals surface area contributed by atoms with E-state index in [0.717, 1.165) is 11.2 Å². The van der Waals surface area contributed by atoms with Gasteiger partial charge in [-0.25, -0.2) is 28.9 Å². The number of imidazole rings is 1. The minimum absolute atomic E-state index is 0.0171. The van der Waals surface area contributed by atoms with Crippen molar-refractivity contribution in [2.75, 3.05) is 104 Å². The Hall–Kier alpha value is -8.11. The van der Waals surface area contributed by atoms with E-state index in [4.69, 9.17) is 56.0 Å². The van der Waals surface area contributed by atoms with E-state index in [1.807, 2.05) is 0 Å². The highest BCUT2D eigenvalue weighted by molar-refractivity contribution is 8.44. The van der Waals surface area contributed by atoms with E-state index < -0.39 is 140 Å². The van der Waals surface area contributed by atoms with Gasteiger partial charge in [0, 0.05) is 81.7 Å². The maximum Gasteiger partial charge on any atom is 0.410 e. The van der Waals surface area contributed by atoms with Crippen LogP contribution in [-0.4, -0.2) is 234 Å². The second kappa shape index (κ2) is 40.5. The number of hydrogen-bond donors (Lipinski definition) is 9. The first-order valence-corrected chi connectivity index (χ1v) is 40.1. The molecule has 9 rings (SSSR count). The molecule has 0 spiro atoms. The Balaban J connectivity index is 0.737. The minimum atomic E-state index is -4.40. The van der Waals surface area contributed by atoms with Gasteiger partial charge in [-0.2, -0.15) is 4.98 Å². The first kappa shape index (κ1) is 83.9. The van der Waals surface area contributed by atoms with Gasteiger partial charge in [0.15, 0.2) is 17.4 Å². The number of rotatable bonds is 37. The molecule has 3 fully saturated rings. The molecule has 0 radical (unpaired) electrons. The summed E-state index contributed by atoms with van der Waals surface area (Å²) >= 11 is 8.44. The lowest BCUT2D eigenvalue weighted by atomic mass is 10.0. The number of benzene rings is 2. The van der Waals surface area contributed by atoms with Crippen molar-refractivity contribution in [3.63, 3.8) is 0 Å². The minimum Gasteiger partial charge on any atom is -0.474 e. The van der Waals surface area contributed by atoms with Crippen molar-refractivity contribution in [3.05, 3.63) is 113 Å². The molecule has 6 heterocycles. The average Bonchev–Trinajstić information content (AvgIpc) is 1.60. The Bertz CT molecular complexity index is 4090. The molecular weight excluding hydrogens is 1500 g/mol. The van der Waals surface area contributed by atoms with E-state index in [0.29, 0.717) is 69.3 Å². The lowest BCUT2D eigenvalue weighted by Crippen LogP contribution is -2.57. The fourth-order valence-electron chi connectivity index (χ4n) is 11.7. The number of aliphatic hydroxyl groups excluding tert-OH is 1. The van der Waals surface area contributed by atoms with Gasteiger partial charge >= 0.3 is 19.7 Å². The summed E-state index contributed by atoms with van der Waals surface area (Å²) in [6.45, 7) is -1.96. The molecule has 108 heavy (non-hydrogen) atoms. The molecule has 588 valence electrons. The Morgan fingerprint density at radius 2 is 1.44 bits per heavy atom. The number of hydrogen-bond acceptors (Lipinski definition) is 28. The van der Waals surface area contributed by atoms with Gasteiger partial charge in [-0.1, -0.05) is 68.7 Å². The third-order valence-electron chi connectivity index (χ3n) is 17.3. The zero-order valence-electron chi connectivity index (χ0n) is 59.8. The van der Waals surface area contributed by atoms with Crippen LogP contribution in [-0.2, 0) is 102 Å². The number of aliphatic hydroxyl groups is 1. The van der Waals surface area contributed by atoms with Crippen LogP contribution in [0.1, 0.15) is 87.0 Å². The number of aromatic nitrogens is 6. The number of H-pyrrole nitrogens is 1. The Morgan fingerprint density at radius 1 is 0.769 bits per heavy atom. The smallest absolute Gasteiger partial charge is 0.410 e. The summed E-state index contributed by atoms with van der Waals surface area (Å²) in [5.74, 6) is -5.31. The van der Waals surface area contributed by atoms with Crippen molar-refractivity contribution in [1.29, 1.82) is 0 Å². The van der Waals surface area contributed by atoms with Crippen LogP contribution in [0.5, 0.6) is 5.88 Å². The number of carbonyl (C=O) groups excluding carboxylic acids is 8. The van der Waals surface area contributed by atoms with Crippen LogP contribution in [0.2, 0.25) is 0 Å². The van der Waals surface area contributed by atoms with Crippen molar-refractivity contribution >= 4 is 108 Å². The summed E-state index contributed by atoms with van der Waals surface area (Å²) < 4.78 is 96.7. The van der Waals surface area contributed by atoms with Gasteiger partial charge in [-0.05, 0) is 67.9 Å². The molecule has 41 heteroatoms. The van der Waals surface area contributed by atoms with Gasteiger partial charge < -0.3 is 73.7 Å². The van der Waals surface area contributed by atoms with E-state index in [9.17, 15) is 57.4 Å². The largest absolute Gasteiger partial charge is 0.474 e. The monoisotopic (exact) mass is 1590 g/mol. The summed E-state index contributed by atoms with van der Waals surface area (Å²) in [7, 11) is 3.04. The highest BCUT2D eigenvalue weighted by Gasteiger charge is 2.51. The molecule has 1 unspecified atom stereocenters. The number of ether oxygens (including phenoxy) is 8. The third-order valence-corrected chi connectivity index (χ3v) is 20.6. The summed E-state index contributed by atoms with van der Waals surface area (Å²) in [5, 5.41) is 25.0. The first-order valence-electron chi connectivity index (χ1n) is 34.7. The van der Waals surface area contributed by atoms with Gasteiger partial charge in [0.05, 0.1) is 85.1 Å². The molecule has 2 bridgehead atoms. The lowest BCUT2D eigenvalue weighted by Gasteiger charge is -2.26. The van der Waals surface area contributed by atoms with E-state index in [-0.39, 0.29) is 100 Å². The van der Waals surface area contributed by atoms with E-state index in [1.165, 1.54) is 54.2 Å². The average molecular weight is 1590 g/mol. The second-order valence-electron chi connectivity index (χ2n) is 25.7. The molecule has 2 aromatic carbocycles. The Labute approximate surface area is 630 Å². The van der Waals surface area contributed by atoms with Crippen molar-refractivity contribution < 1.29 is 109 Å². The molecule has 4 aliphatic rings. The molecule has 12 atom stereocenters. The lowest BCUT2D eigenvalue weighted by molar-refractivity contribution is -0.137. The molecular formula is C67H89N13O24P2S2. The zero-order chi connectivity index (χ0) is 77.5. The SMILES string of the molecule is COCCOCCOCCOCCOCCC(=O)N[C@@H](CCCCN1C(=O)C=CC1=O)C(=O)NC(C(=O)N[C@@H](C)C(=O)Nc1ccc(COC(=O)N(C)Cc2ccccc2C(=O)Nc2nc3c(ncn3[C@@H]3O[C@@H]4CO[P@@](=O)(S)O[C@H]5C[C@H](Oc6ccncn6)C[C@@H]5CO[P@@](=O)(S)O[C@@H]3[C@@H]4O)c(=O)[nH]2)cc1)C(C)C. The second-order valence-corrected chi connectivity index (χ2v) is 31.4. The summed E-state index contributed by atoms with van der Waals surface area (Å²) in [4.78, 5) is 141. The number of fused-ring (bicyclic) bond motifs is 4. The number of unbranched alkanes of at least 4 members (excludes halogenated alkanes) is 1. The van der Waals surface area contributed by atoms with Crippen molar-refractivity contribution in [3.8, 4) is 5.88 Å². The van der Waals surface area contributed by atoms with Gasteiger partial charge in [0.25, 0.3) is 23.3 Å². The number of aromatic amines is 1. The predicted molar refractivity (Wildman–Crippen MR) is 389 cm³/mol. The number of carbonyl (C=O) groups is 8. The number of nitrogens with one attached hydrogen (secondary N) is 6. The first-order chi connectivity index (χ1) is 51.7. The van der Waals surface area contributed by atoms with Crippen LogP contribution < -0.4 is 36.9 Å². The highest BCUT2D eigenvalue weighted by Crippen LogP contribution is 2.60. The van der Waals surface area contributed by atoms with Crippen LogP contribution >= 0.6 is 38.1 Å². The number of anilines is 2. The third kappa shape index (κ3) is 24.7. The van der Waals surface area contributed by atoms with Gasteiger partial charge in [0.2, 0.25) is 35.5 Å². The number of imide groups is 1. The molecule has 7 N–H and O–H groups in total. The number of methoxy groups -OCH3 is 1. The topological polar surface area (TPSA) is 458 Å². The van der Waals surface area contributed by atoms with Crippen LogP contribution in [0.15, 0.2) is 90.4 Å². The molecule has 1 aliphatic carbocycles. The van der Waals surface area contributed by atoms with Crippen molar-refractivity contribution in [1.82, 2.24) is 55.2 Å². The highest BCUT2D eigenvalue weighted by atomic mass is 32.7. The molecule has 3 aliphatic heterocycles. The normalized spacial score (nSPS) is 23.0. The standard InChI is InChI=1S/C67H89N13O24P2S2/c1-40(2)55(74-62(87)48(12-8-9-22-79-53(82)17-18-54(79)83)73-51(81)20-23-94-26-27-96-30-31-97-29-28-95-25-24-93-5)63(88)71-41(3)60(85)72-45-15-13-42(14-16-45)35-98-67(90)78(4)34-43-10-6-7-11-47(43)61(86)76-66-75-59-56(64(89)77-66)70-39-80(59)65-58-57(84)50(102-65)37-100-105(91,107)103-49-33-46(101-52-19-21-68-38-69-52)32-44(49)36-99-106(92,108)104-58/h6-7,10-11,13-19,21,38-41,44,46,48-50,55,57-58,65,84H,8-9,12,20,22-37H2,1-5H3,(H,71,88)(H,72,85)(H,73,81)(H,74,87)(H,91,107)(H,92,108)(H2,75,76,77,86,89)/t41-,44+,46+,48-,49-,50+,55?,57+,58+,65+,105+,106+/m0/s1. The quantitative estimate of drug-likeness (QED) is 0.0116. The molecule has 3 aromatic heterocycles. The van der Waals surface area contributed by atoms with E-state index in [1.54, 1.807) is 69.5 Å². The van der Waals surface area contributed by atoms with Crippen molar-refractivity contribution in [2.45, 2.75) is 127 Å². The van der Waals surface area contributed by atoms with E-state index >= 15 is 0 Å². The molecule has 1 saturated carbocycles. The van der Waals surface area contributed by atoms with Crippen LogP contribution in [0.25, 0.3) is 11.2 Å². The van der Waals surface area contributed by atoms with Gasteiger partial charge in [0.1, 0.15) is 55.5 Å².